The normalized spacial score (nSPS) is 12.6. The van der Waals surface area contributed by atoms with Crippen molar-refractivity contribution in [2.45, 2.75) is 38.9 Å². The van der Waals surface area contributed by atoms with Gasteiger partial charge in [0, 0.05) is 13.2 Å². The van der Waals surface area contributed by atoms with E-state index in [9.17, 15) is 9.50 Å². The first-order valence-electron chi connectivity index (χ1n) is 7.46. The van der Waals surface area contributed by atoms with E-state index in [1.165, 1.54) is 12.1 Å². The summed E-state index contributed by atoms with van der Waals surface area (Å²) in [4.78, 5) is 0. The Morgan fingerprint density at radius 1 is 1.19 bits per heavy atom. The van der Waals surface area contributed by atoms with Crippen LogP contribution in [0.3, 0.4) is 0 Å². The highest BCUT2D eigenvalue weighted by molar-refractivity contribution is 5.22. The highest BCUT2D eigenvalue weighted by atomic mass is 19.1. The molecule has 0 aliphatic rings. The molecule has 0 fully saturated rings. The fourth-order valence-electron chi connectivity index (χ4n) is 1.72. The molecule has 0 amide bonds. The summed E-state index contributed by atoms with van der Waals surface area (Å²) < 4.78 is 23.5. The van der Waals surface area contributed by atoms with Crippen LogP contribution < -0.4 is 10.1 Å². The lowest BCUT2D eigenvalue weighted by Gasteiger charge is -2.13. The topological polar surface area (TPSA) is 50.7 Å². The van der Waals surface area contributed by atoms with Crippen LogP contribution in [0.2, 0.25) is 0 Å². The Labute approximate surface area is 126 Å². The van der Waals surface area contributed by atoms with Gasteiger partial charge in [-0.25, -0.2) is 4.39 Å². The van der Waals surface area contributed by atoms with Crippen LogP contribution in [0.15, 0.2) is 24.3 Å². The number of ether oxygens (including phenoxy) is 2. The molecule has 0 spiro atoms. The summed E-state index contributed by atoms with van der Waals surface area (Å²) in [7, 11) is 0. The molecule has 21 heavy (non-hydrogen) atoms. The van der Waals surface area contributed by atoms with Crippen LogP contribution in [0.4, 0.5) is 4.39 Å². The van der Waals surface area contributed by atoms with Crippen LogP contribution in [0, 0.1) is 5.82 Å². The van der Waals surface area contributed by atoms with E-state index >= 15 is 0 Å². The monoisotopic (exact) mass is 299 g/mol. The summed E-state index contributed by atoms with van der Waals surface area (Å²) >= 11 is 0. The fraction of sp³-hybridized carbons (Fsp3) is 0.625. The van der Waals surface area contributed by atoms with Crippen molar-refractivity contribution in [1.29, 1.82) is 0 Å². The number of hydrogen-bond acceptors (Lipinski definition) is 4. The van der Waals surface area contributed by atoms with E-state index in [0.717, 1.165) is 26.0 Å². The second kappa shape index (κ2) is 10.5. The minimum Gasteiger partial charge on any atom is -0.491 e. The van der Waals surface area contributed by atoms with Crippen LogP contribution in [0.5, 0.6) is 5.75 Å². The Hall–Kier alpha value is -1.17. The molecule has 0 aliphatic heterocycles. The van der Waals surface area contributed by atoms with E-state index in [1.54, 1.807) is 12.1 Å². The van der Waals surface area contributed by atoms with E-state index in [4.69, 9.17) is 9.47 Å². The lowest BCUT2D eigenvalue weighted by molar-refractivity contribution is 0.0755. The Morgan fingerprint density at radius 3 is 2.57 bits per heavy atom. The van der Waals surface area contributed by atoms with Crippen molar-refractivity contribution in [1.82, 2.24) is 5.32 Å². The summed E-state index contributed by atoms with van der Waals surface area (Å²) in [6.07, 6.45) is 1.72. The zero-order valence-electron chi connectivity index (χ0n) is 12.8. The molecule has 4 nitrogen and oxygen atoms in total. The zero-order valence-corrected chi connectivity index (χ0v) is 12.8. The van der Waals surface area contributed by atoms with Gasteiger partial charge in [-0.3, -0.25) is 0 Å². The summed E-state index contributed by atoms with van der Waals surface area (Å²) in [5.74, 6) is 0.257. The number of benzene rings is 1. The molecule has 1 unspecified atom stereocenters. The molecule has 0 aliphatic carbocycles. The van der Waals surface area contributed by atoms with E-state index in [1.807, 2.05) is 13.8 Å². The largest absolute Gasteiger partial charge is 0.491 e. The molecular weight excluding hydrogens is 273 g/mol. The van der Waals surface area contributed by atoms with Crippen molar-refractivity contribution >= 4 is 0 Å². The van der Waals surface area contributed by atoms with Gasteiger partial charge in [-0.05, 0) is 57.5 Å². The van der Waals surface area contributed by atoms with Gasteiger partial charge in [-0.1, -0.05) is 0 Å². The zero-order chi connectivity index (χ0) is 15.5. The van der Waals surface area contributed by atoms with Gasteiger partial charge >= 0.3 is 0 Å². The lowest BCUT2D eigenvalue weighted by Crippen LogP contribution is -2.32. The van der Waals surface area contributed by atoms with Crippen molar-refractivity contribution in [3.8, 4) is 5.75 Å². The Morgan fingerprint density at radius 2 is 1.90 bits per heavy atom. The standard InChI is InChI=1S/C16H26FNO3/c1-13(2)20-10-4-3-9-18-11-15(19)12-21-16-7-5-14(17)6-8-16/h5-8,13,15,18-19H,3-4,9-12H2,1-2H3. The molecule has 120 valence electrons. The first kappa shape index (κ1) is 17.9. The Bertz CT molecular complexity index is 370. The Balaban J connectivity index is 1.98. The maximum absolute atomic E-state index is 12.7. The van der Waals surface area contributed by atoms with Crippen molar-refractivity contribution in [2.24, 2.45) is 0 Å². The minimum atomic E-state index is -0.582. The number of aliphatic hydroxyl groups is 1. The van der Waals surface area contributed by atoms with E-state index < -0.39 is 6.10 Å². The third-order valence-electron chi connectivity index (χ3n) is 2.84. The lowest BCUT2D eigenvalue weighted by atomic mass is 10.3. The molecule has 0 radical (unpaired) electrons. The number of unbranched alkanes of at least 4 members (excludes halogenated alkanes) is 1. The number of halogens is 1. The molecule has 0 heterocycles. The SMILES string of the molecule is CC(C)OCCCCNCC(O)COc1ccc(F)cc1. The molecule has 1 atom stereocenters. The van der Waals surface area contributed by atoms with Gasteiger partial charge in [0.25, 0.3) is 0 Å². The molecule has 0 saturated carbocycles. The van der Waals surface area contributed by atoms with Gasteiger partial charge in [0.1, 0.15) is 24.3 Å². The smallest absolute Gasteiger partial charge is 0.123 e. The van der Waals surface area contributed by atoms with Crippen LogP contribution in [-0.2, 0) is 4.74 Å². The average Bonchev–Trinajstić information content (AvgIpc) is 2.45. The molecule has 1 aromatic rings. The molecule has 2 N–H and O–H groups in total. The summed E-state index contributed by atoms with van der Waals surface area (Å²) in [5.41, 5.74) is 0. The van der Waals surface area contributed by atoms with Crippen LogP contribution in [-0.4, -0.2) is 43.6 Å². The van der Waals surface area contributed by atoms with E-state index in [0.29, 0.717) is 12.3 Å². The maximum atomic E-state index is 12.7. The predicted octanol–water partition coefficient (Wildman–Crippen LogP) is 2.36. The molecule has 1 aromatic carbocycles. The van der Waals surface area contributed by atoms with E-state index in [2.05, 4.69) is 5.32 Å². The maximum Gasteiger partial charge on any atom is 0.123 e. The predicted molar refractivity (Wildman–Crippen MR) is 81.1 cm³/mol. The summed E-state index contributed by atoms with van der Waals surface area (Å²) in [5, 5.41) is 12.9. The van der Waals surface area contributed by atoms with Crippen molar-refractivity contribution < 1.29 is 19.0 Å². The average molecular weight is 299 g/mol. The quantitative estimate of drug-likeness (QED) is 0.616. The fourth-order valence-corrected chi connectivity index (χ4v) is 1.72. The van der Waals surface area contributed by atoms with Gasteiger partial charge in [0.2, 0.25) is 0 Å². The van der Waals surface area contributed by atoms with Crippen molar-refractivity contribution in [3.63, 3.8) is 0 Å². The van der Waals surface area contributed by atoms with Gasteiger partial charge < -0.3 is 19.9 Å². The second-order valence-electron chi connectivity index (χ2n) is 5.25. The number of rotatable bonds is 11. The number of hydrogen-bond donors (Lipinski definition) is 2. The highest BCUT2D eigenvalue weighted by Crippen LogP contribution is 2.11. The van der Waals surface area contributed by atoms with Gasteiger partial charge in [0.05, 0.1) is 6.10 Å². The van der Waals surface area contributed by atoms with Crippen molar-refractivity contribution in [2.75, 3.05) is 26.3 Å². The molecule has 0 bridgehead atoms. The number of nitrogens with one attached hydrogen (secondary N) is 1. The first-order valence-corrected chi connectivity index (χ1v) is 7.46. The number of aliphatic hydroxyl groups excluding tert-OH is 1. The summed E-state index contributed by atoms with van der Waals surface area (Å²) in [6.45, 7) is 6.33. The van der Waals surface area contributed by atoms with E-state index in [-0.39, 0.29) is 18.5 Å². The first-order chi connectivity index (χ1) is 10.1. The van der Waals surface area contributed by atoms with Gasteiger partial charge in [-0.2, -0.15) is 0 Å². The van der Waals surface area contributed by atoms with Crippen LogP contribution in [0.1, 0.15) is 26.7 Å². The van der Waals surface area contributed by atoms with Crippen LogP contribution in [0.25, 0.3) is 0 Å². The van der Waals surface area contributed by atoms with Gasteiger partial charge in [-0.15, -0.1) is 0 Å². The van der Waals surface area contributed by atoms with Crippen LogP contribution >= 0.6 is 0 Å². The molecule has 1 rings (SSSR count). The summed E-state index contributed by atoms with van der Waals surface area (Å²) in [6, 6.07) is 5.76. The highest BCUT2D eigenvalue weighted by Gasteiger charge is 2.05. The minimum absolute atomic E-state index is 0.190. The third kappa shape index (κ3) is 9.39. The van der Waals surface area contributed by atoms with Gasteiger partial charge in [0.15, 0.2) is 0 Å². The Kier molecular flexibility index (Phi) is 8.98. The molecular formula is C16H26FNO3. The second-order valence-corrected chi connectivity index (χ2v) is 5.25. The molecule has 5 heteroatoms. The molecule has 0 saturated heterocycles. The third-order valence-corrected chi connectivity index (χ3v) is 2.84. The van der Waals surface area contributed by atoms with Crippen molar-refractivity contribution in [3.05, 3.63) is 30.1 Å². The molecule has 0 aromatic heterocycles.